The first-order valence-corrected chi connectivity index (χ1v) is 5.26. The molecule has 0 unspecified atom stereocenters. The highest BCUT2D eigenvalue weighted by Gasteiger charge is 2.26. The van der Waals surface area contributed by atoms with Crippen LogP contribution in [-0.4, -0.2) is 12.7 Å². The van der Waals surface area contributed by atoms with Crippen LogP contribution in [-0.2, 0) is 4.74 Å². The summed E-state index contributed by atoms with van der Waals surface area (Å²) in [5, 5.41) is 2.54. The average Bonchev–Trinajstić information content (AvgIpc) is 2.58. The van der Waals surface area contributed by atoms with Crippen LogP contribution in [0.3, 0.4) is 0 Å². The monoisotopic (exact) mass is 273 g/mol. The van der Waals surface area contributed by atoms with Crippen LogP contribution in [0.25, 0.3) is 0 Å². The van der Waals surface area contributed by atoms with E-state index in [1.165, 1.54) is 0 Å². The molecule has 0 saturated carbocycles. The lowest BCUT2D eigenvalue weighted by Gasteiger charge is -2.11. The Morgan fingerprint density at radius 2 is 2.33 bits per heavy atom. The summed E-state index contributed by atoms with van der Waals surface area (Å²) in [6.45, 7) is 1.85. The predicted molar refractivity (Wildman–Crippen MR) is 56.1 cm³/mol. The highest BCUT2D eigenvalue weighted by molar-refractivity contribution is 9.10. The first-order valence-electron chi connectivity index (χ1n) is 4.47. The quantitative estimate of drug-likeness (QED) is 0.855. The van der Waals surface area contributed by atoms with Crippen molar-refractivity contribution in [3.05, 3.63) is 33.5 Å². The van der Waals surface area contributed by atoms with E-state index in [4.69, 9.17) is 4.74 Å². The van der Waals surface area contributed by atoms with Gasteiger partial charge < -0.3 is 10.1 Å². The number of cyclic esters (lactones) is 1. The molecule has 0 aliphatic carbocycles. The highest BCUT2D eigenvalue weighted by Crippen LogP contribution is 2.26. The lowest BCUT2D eigenvalue weighted by atomic mass is 10.0. The minimum Gasteiger partial charge on any atom is -0.447 e. The summed E-state index contributed by atoms with van der Waals surface area (Å²) in [5.74, 6) is -0.297. The molecule has 1 aromatic rings. The van der Waals surface area contributed by atoms with Gasteiger partial charge in [0, 0.05) is 10.0 Å². The van der Waals surface area contributed by atoms with Crippen molar-refractivity contribution in [2.45, 2.75) is 13.0 Å². The van der Waals surface area contributed by atoms with Crippen molar-refractivity contribution >= 4 is 22.0 Å². The third-order valence-electron chi connectivity index (χ3n) is 2.30. The van der Waals surface area contributed by atoms with Gasteiger partial charge in [0.05, 0.1) is 6.04 Å². The van der Waals surface area contributed by atoms with Crippen LogP contribution in [0.5, 0.6) is 0 Å². The van der Waals surface area contributed by atoms with Crippen LogP contribution in [0.2, 0.25) is 0 Å². The van der Waals surface area contributed by atoms with Gasteiger partial charge in [0.15, 0.2) is 0 Å². The molecular formula is C10H9BrFNO2. The Hall–Kier alpha value is -1.10. The van der Waals surface area contributed by atoms with Crippen molar-refractivity contribution in [1.82, 2.24) is 5.32 Å². The molecule has 15 heavy (non-hydrogen) atoms. The summed E-state index contributed by atoms with van der Waals surface area (Å²) in [5.41, 5.74) is 0.994. The van der Waals surface area contributed by atoms with Gasteiger partial charge in [0.25, 0.3) is 0 Å². The summed E-state index contributed by atoms with van der Waals surface area (Å²) >= 11 is 3.29. The lowest BCUT2D eigenvalue weighted by molar-refractivity contribution is 0.177. The van der Waals surface area contributed by atoms with E-state index in [-0.39, 0.29) is 12.4 Å². The number of carbonyl (C=O) groups excluding carboxylic acids is 1. The zero-order valence-electron chi connectivity index (χ0n) is 8.01. The van der Waals surface area contributed by atoms with Gasteiger partial charge in [-0.05, 0) is 24.6 Å². The number of rotatable bonds is 1. The van der Waals surface area contributed by atoms with Crippen molar-refractivity contribution in [3.8, 4) is 0 Å². The standard InChI is InChI=1S/C10H9BrFNO2/c1-5-2-6(11)3-7(9(5)12)8-4-15-10(14)13-8/h2-3,8H,4H2,1H3,(H,13,14)/t8-/m0/s1. The van der Waals surface area contributed by atoms with E-state index in [1.54, 1.807) is 19.1 Å². The van der Waals surface area contributed by atoms with Gasteiger partial charge >= 0.3 is 6.09 Å². The molecule has 0 spiro atoms. The molecule has 2 rings (SSSR count). The number of halogens is 2. The van der Waals surface area contributed by atoms with Gasteiger partial charge in [-0.2, -0.15) is 0 Å². The van der Waals surface area contributed by atoms with Gasteiger partial charge in [-0.25, -0.2) is 9.18 Å². The van der Waals surface area contributed by atoms with E-state index >= 15 is 0 Å². The van der Waals surface area contributed by atoms with Crippen molar-refractivity contribution in [3.63, 3.8) is 0 Å². The highest BCUT2D eigenvalue weighted by atomic mass is 79.9. The van der Waals surface area contributed by atoms with Gasteiger partial charge in [0.1, 0.15) is 12.4 Å². The van der Waals surface area contributed by atoms with E-state index < -0.39 is 12.1 Å². The maximum atomic E-state index is 13.7. The number of carbonyl (C=O) groups is 1. The van der Waals surface area contributed by atoms with Crippen LogP contribution in [0.1, 0.15) is 17.2 Å². The van der Waals surface area contributed by atoms with Crippen molar-refractivity contribution < 1.29 is 13.9 Å². The van der Waals surface area contributed by atoms with Crippen molar-refractivity contribution in [1.29, 1.82) is 0 Å². The second-order valence-electron chi connectivity index (χ2n) is 3.42. The molecule has 1 atom stereocenters. The fraction of sp³-hybridized carbons (Fsp3) is 0.300. The second-order valence-corrected chi connectivity index (χ2v) is 4.34. The van der Waals surface area contributed by atoms with Gasteiger partial charge in [-0.15, -0.1) is 0 Å². The summed E-state index contributed by atoms with van der Waals surface area (Å²) in [7, 11) is 0. The zero-order valence-corrected chi connectivity index (χ0v) is 9.60. The van der Waals surface area contributed by atoms with Crippen LogP contribution < -0.4 is 5.32 Å². The number of benzene rings is 1. The molecule has 1 aliphatic rings. The molecule has 1 heterocycles. The number of aryl methyl sites for hydroxylation is 1. The van der Waals surface area contributed by atoms with Crippen molar-refractivity contribution in [2.24, 2.45) is 0 Å². The average molecular weight is 274 g/mol. The molecular weight excluding hydrogens is 265 g/mol. The molecule has 1 fully saturated rings. The zero-order chi connectivity index (χ0) is 11.0. The summed E-state index contributed by atoms with van der Waals surface area (Å²) in [6, 6.07) is 2.95. The number of ether oxygens (including phenoxy) is 1. The maximum Gasteiger partial charge on any atom is 0.407 e. The Labute approximate surface area is 94.7 Å². The molecule has 0 bridgehead atoms. The molecule has 1 aliphatic heterocycles. The van der Waals surface area contributed by atoms with Crippen LogP contribution in [0.4, 0.5) is 9.18 Å². The molecule has 0 radical (unpaired) electrons. The topological polar surface area (TPSA) is 38.3 Å². The Morgan fingerprint density at radius 1 is 1.60 bits per heavy atom. The van der Waals surface area contributed by atoms with E-state index in [9.17, 15) is 9.18 Å². The first-order chi connectivity index (χ1) is 7.08. The van der Waals surface area contributed by atoms with Gasteiger partial charge in [0.2, 0.25) is 0 Å². The number of nitrogens with one attached hydrogen (secondary N) is 1. The lowest BCUT2D eigenvalue weighted by Crippen LogP contribution is -2.19. The third kappa shape index (κ3) is 1.97. The Kier molecular flexibility index (Phi) is 2.65. The Bertz CT molecular complexity index is 422. The number of hydrogen-bond donors (Lipinski definition) is 1. The summed E-state index contributed by atoms with van der Waals surface area (Å²) in [6.07, 6.45) is -0.503. The van der Waals surface area contributed by atoms with Crippen LogP contribution in [0.15, 0.2) is 16.6 Å². The molecule has 5 heteroatoms. The number of amides is 1. The van der Waals surface area contributed by atoms with E-state index in [1.807, 2.05) is 0 Å². The fourth-order valence-corrected chi connectivity index (χ4v) is 2.15. The summed E-state index contributed by atoms with van der Waals surface area (Å²) in [4.78, 5) is 10.8. The Balaban J connectivity index is 2.39. The molecule has 1 N–H and O–H groups in total. The van der Waals surface area contributed by atoms with Gasteiger partial charge in [-0.1, -0.05) is 15.9 Å². The molecule has 3 nitrogen and oxygen atoms in total. The van der Waals surface area contributed by atoms with Crippen LogP contribution >= 0.6 is 15.9 Å². The second kappa shape index (κ2) is 3.81. The maximum absolute atomic E-state index is 13.7. The normalized spacial score (nSPS) is 19.9. The first kappa shape index (κ1) is 10.4. The van der Waals surface area contributed by atoms with Gasteiger partial charge in [-0.3, -0.25) is 0 Å². The third-order valence-corrected chi connectivity index (χ3v) is 2.75. The largest absolute Gasteiger partial charge is 0.447 e. The SMILES string of the molecule is Cc1cc(Br)cc([C@@H]2COC(=O)N2)c1F. The smallest absolute Gasteiger partial charge is 0.407 e. The minimum absolute atomic E-state index is 0.172. The molecule has 1 saturated heterocycles. The fourth-order valence-electron chi connectivity index (χ4n) is 1.56. The molecule has 80 valence electrons. The number of alkyl carbamates (subject to hydrolysis) is 1. The summed E-state index contributed by atoms with van der Waals surface area (Å²) < 4.78 is 19.2. The molecule has 0 aromatic heterocycles. The predicted octanol–water partition coefficient (Wildman–Crippen LogP) is 2.68. The molecule has 1 aromatic carbocycles. The number of hydrogen-bond acceptors (Lipinski definition) is 2. The van der Waals surface area contributed by atoms with E-state index in [0.29, 0.717) is 11.1 Å². The van der Waals surface area contributed by atoms with Crippen LogP contribution in [0, 0.1) is 12.7 Å². The van der Waals surface area contributed by atoms with E-state index in [2.05, 4.69) is 21.2 Å². The molecule has 1 amide bonds. The minimum atomic E-state index is -0.503. The Morgan fingerprint density at radius 3 is 2.93 bits per heavy atom. The van der Waals surface area contributed by atoms with E-state index in [0.717, 1.165) is 4.47 Å². The van der Waals surface area contributed by atoms with Crippen molar-refractivity contribution in [2.75, 3.05) is 6.61 Å².